The molecule has 4 nitrogen and oxygen atoms in total. The van der Waals surface area contributed by atoms with Gasteiger partial charge in [0.05, 0.1) is 40.4 Å². The van der Waals surface area contributed by atoms with Crippen molar-refractivity contribution in [2.45, 2.75) is 0 Å². The van der Waals surface area contributed by atoms with Crippen LogP contribution in [0.4, 0.5) is 5.69 Å². The zero-order valence-corrected chi connectivity index (χ0v) is 25.8. The number of aromatic nitrogens is 2. The molecule has 4 heteroatoms. The first-order valence-electron chi connectivity index (χ1n) is 15.9. The van der Waals surface area contributed by atoms with Crippen molar-refractivity contribution in [3.8, 4) is 39.7 Å². The highest BCUT2D eigenvalue weighted by Gasteiger charge is 2.18. The van der Waals surface area contributed by atoms with Gasteiger partial charge in [0.25, 0.3) is 0 Å². The molecule has 0 radical (unpaired) electrons. The van der Waals surface area contributed by atoms with Gasteiger partial charge < -0.3 is 9.13 Å². The Balaban J connectivity index is 1.20. The van der Waals surface area contributed by atoms with Crippen molar-refractivity contribution in [2.24, 2.45) is 0 Å². The molecule has 0 N–H and O–H groups in total. The Morgan fingerprint density at radius 3 is 1.77 bits per heavy atom. The SMILES string of the molecule is [C-]#[N+]c1ccc2c3ccccc3n(-c3ccccc3-c3ccc(-c4cccc(-n5c6ccccc6c6ccccc65)c4)cc3C#N)c2c1. The smallest absolute Gasteiger partial charge is 0.189 e. The van der Waals surface area contributed by atoms with E-state index in [9.17, 15) is 5.26 Å². The van der Waals surface area contributed by atoms with Crippen molar-refractivity contribution in [3.63, 3.8) is 0 Å². The second-order valence-electron chi connectivity index (χ2n) is 12.0. The Hall–Kier alpha value is -6.88. The average molecular weight is 611 g/mol. The monoisotopic (exact) mass is 610 g/mol. The Kier molecular flexibility index (Phi) is 6.22. The Bertz CT molecular complexity index is 2760. The van der Waals surface area contributed by atoms with Gasteiger partial charge in [-0.2, -0.15) is 5.26 Å². The fraction of sp³-hybridized carbons (Fsp3) is 0. The summed E-state index contributed by atoms with van der Waals surface area (Å²) in [5.41, 5.74) is 11.4. The molecule has 0 aliphatic carbocycles. The van der Waals surface area contributed by atoms with E-state index in [1.807, 2.05) is 48.5 Å². The lowest BCUT2D eigenvalue weighted by Gasteiger charge is -2.16. The maximum Gasteiger partial charge on any atom is 0.189 e. The van der Waals surface area contributed by atoms with Crippen molar-refractivity contribution in [3.05, 3.63) is 175 Å². The Morgan fingerprint density at radius 1 is 0.479 bits per heavy atom. The van der Waals surface area contributed by atoms with Gasteiger partial charge in [0.1, 0.15) is 0 Å². The van der Waals surface area contributed by atoms with E-state index in [0.717, 1.165) is 66.5 Å². The molecule has 0 unspecified atom stereocenters. The molecule has 0 fully saturated rings. The number of rotatable bonds is 4. The maximum absolute atomic E-state index is 10.5. The van der Waals surface area contributed by atoms with Crippen LogP contribution >= 0.6 is 0 Å². The van der Waals surface area contributed by atoms with Crippen LogP contribution in [-0.2, 0) is 0 Å². The summed E-state index contributed by atoms with van der Waals surface area (Å²) in [5.74, 6) is 0. The minimum atomic E-state index is 0.592. The molecule has 0 amide bonds. The highest BCUT2D eigenvalue weighted by atomic mass is 15.0. The summed E-state index contributed by atoms with van der Waals surface area (Å²) in [4.78, 5) is 3.72. The lowest BCUT2D eigenvalue weighted by atomic mass is 9.94. The van der Waals surface area contributed by atoms with E-state index in [0.29, 0.717) is 11.3 Å². The van der Waals surface area contributed by atoms with E-state index in [-0.39, 0.29) is 0 Å². The van der Waals surface area contributed by atoms with E-state index in [1.165, 1.54) is 10.8 Å². The van der Waals surface area contributed by atoms with Crippen molar-refractivity contribution < 1.29 is 0 Å². The predicted molar refractivity (Wildman–Crippen MR) is 197 cm³/mol. The lowest BCUT2D eigenvalue weighted by molar-refractivity contribution is 1.18. The maximum atomic E-state index is 10.5. The van der Waals surface area contributed by atoms with E-state index in [1.54, 1.807) is 0 Å². The number of hydrogen-bond acceptors (Lipinski definition) is 1. The molecule has 0 atom stereocenters. The van der Waals surface area contributed by atoms with Crippen LogP contribution in [0.15, 0.2) is 158 Å². The summed E-state index contributed by atoms with van der Waals surface area (Å²) in [5, 5.41) is 15.2. The summed E-state index contributed by atoms with van der Waals surface area (Å²) in [7, 11) is 0. The van der Waals surface area contributed by atoms with Crippen LogP contribution in [0.5, 0.6) is 0 Å². The predicted octanol–water partition coefficient (Wildman–Crippen LogP) is 11.6. The standard InChI is InChI=1S/C44H26N4/c1-46-32-22-24-39-38-16-5-9-20-43(38)48(44(39)27-32)42-19-8-2-13-35(42)34-23-21-30(25-31(34)28-45)29-11-10-12-33(26-29)47-40-17-6-3-14-36(40)37-15-4-7-18-41(37)47/h2-27H. The van der Waals surface area contributed by atoms with E-state index < -0.39 is 0 Å². The molecule has 2 heterocycles. The second kappa shape index (κ2) is 10.9. The fourth-order valence-electron chi connectivity index (χ4n) is 7.26. The summed E-state index contributed by atoms with van der Waals surface area (Å²) in [6, 6.07) is 56.7. The van der Waals surface area contributed by atoms with Crippen LogP contribution in [0.2, 0.25) is 0 Å². The molecular formula is C44H26N4. The van der Waals surface area contributed by atoms with Crippen molar-refractivity contribution >= 4 is 49.3 Å². The molecule has 9 aromatic rings. The molecule has 0 aliphatic rings. The van der Waals surface area contributed by atoms with Crippen molar-refractivity contribution in [1.82, 2.24) is 9.13 Å². The van der Waals surface area contributed by atoms with Gasteiger partial charge in [-0.25, -0.2) is 4.85 Å². The molecule has 48 heavy (non-hydrogen) atoms. The first-order valence-corrected chi connectivity index (χ1v) is 15.9. The third-order valence-corrected chi connectivity index (χ3v) is 9.38. The highest BCUT2D eigenvalue weighted by Crippen LogP contribution is 2.39. The van der Waals surface area contributed by atoms with Gasteiger partial charge in [-0.15, -0.1) is 0 Å². The molecule has 222 valence electrons. The van der Waals surface area contributed by atoms with Crippen LogP contribution in [0.25, 0.3) is 82.1 Å². The summed E-state index contributed by atoms with van der Waals surface area (Å²) < 4.78 is 4.54. The van der Waals surface area contributed by atoms with Gasteiger partial charge in [0, 0.05) is 43.9 Å². The average Bonchev–Trinajstić information content (AvgIpc) is 3.67. The first-order chi connectivity index (χ1) is 23.7. The largest absolute Gasteiger partial charge is 0.310 e. The van der Waals surface area contributed by atoms with Crippen molar-refractivity contribution in [1.29, 1.82) is 5.26 Å². The molecule has 7 aromatic carbocycles. The third kappa shape index (κ3) is 4.14. The van der Waals surface area contributed by atoms with Crippen LogP contribution < -0.4 is 0 Å². The summed E-state index contributed by atoms with van der Waals surface area (Å²) in [6.07, 6.45) is 0. The molecule has 2 aromatic heterocycles. The first kappa shape index (κ1) is 27.4. The number of nitrogens with zero attached hydrogens (tertiary/aromatic N) is 4. The lowest BCUT2D eigenvalue weighted by Crippen LogP contribution is -1.98. The van der Waals surface area contributed by atoms with E-state index in [4.69, 9.17) is 6.57 Å². The molecule has 0 bridgehead atoms. The molecule has 9 rings (SSSR count). The number of nitriles is 1. The van der Waals surface area contributed by atoms with Gasteiger partial charge in [-0.3, -0.25) is 0 Å². The minimum Gasteiger partial charge on any atom is -0.310 e. The van der Waals surface area contributed by atoms with Crippen LogP contribution in [-0.4, -0.2) is 9.13 Å². The normalized spacial score (nSPS) is 11.3. The van der Waals surface area contributed by atoms with Crippen molar-refractivity contribution in [2.75, 3.05) is 0 Å². The second-order valence-corrected chi connectivity index (χ2v) is 12.0. The number of para-hydroxylation sites is 4. The van der Waals surface area contributed by atoms with Gasteiger partial charge in [0.2, 0.25) is 0 Å². The van der Waals surface area contributed by atoms with Crippen LogP contribution in [0.1, 0.15) is 5.56 Å². The number of benzene rings is 7. The zero-order chi connectivity index (χ0) is 32.2. The molecule has 0 spiro atoms. The third-order valence-electron chi connectivity index (χ3n) is 9.38. The Morgan fingerprint density at radius 2 is 1.08 bits per heavy atom. The summed E-state index contributed by atoms with van der Waals surface area (Å²) in [6.45, 7) is 7.65. The topological polar surface area (TPSA) is 38.0 Å². The Labute approximate surface area is 277 Å². The quantitative estimate of drug-likeness (QED) is 0.183. The van der Waals surface area contributed by atoms with Crippen LogP contribution in [0.3, 0.4) is 0 Å². The van der Waals surface area contributed by atoms with Crippen LogP contribution in [0, 0.1) is 17.9 Å². The van der Waals surface area contributed by atoms with E-state index in [2.05, 4.69) is 129 Å². The minimum absolute atomic E-state index is 0.592. The highest BCUT2D eigenvalue weighted by molar-refractivity contribution is 6.11. The number of fused-ring (bicyclic) bond motifs is 6. The molecular weight excluding hydrogens is 585 g/mol. The van der Waals surface area contributed by atoms with Gasteiger partial charge in [0.15, 0.2) is 5.69 Å². The fourth-order valence-corrected chi connectivity index (χ4v) is 7.26. The van der Waals surface area contributed by atoms with Gasteiger partial charge >= 0.3 is 0 Å². The summed E-state index contributed by atoms with van der Waals surface area (Å²) >= 11 is 0. The molecule has 0 saturated heterocycles. The number of hydrogen-bond donors (Lipinski definition) is 0. The van der Waals surface area contributed by atoms with E-state index >= 15 is 0 Å². The molecule has 0 saturated carbocycles. The zero-order valence-electron chi connectivity index (χ0n) is 25.8. The van der Waals surface area contributed by atoms with Gasteiger partial charge in [-0.05, 0) is 59.7 Å². The molecule has 0 aliphatic heterocycles. The van der Waals surface area contributed by atoms with Gasteiger partial charge in [-0.1, -0.05) is 109 Å².